The number of hydrogen-bond donors (Lipinski definition) is 2. The first-order chi connectivity index (χ1) is 10.1. The van der Waals surface area contributed by atoms with Crippen LogP contribution in [-0.2, 0) is 11.2 Å². The summed E-state index contributed by atoms with van der Waals surface area (Å²) in [6, 6.07) is 7.05. The Morgan fingerprint density at radius 2 is 2.05 bits per heavy atom. The fourth-order valence-electron chi connectivity index (χ4n) is 2.51. The fraction of sp³-hybridized carbons (Fsp3) is 0.529. The van der Waals surface area contributed by atoms with Gasteiger partial charge in [0.2, 0.25) is 5.91 Å². The lowest BCUT2D eigenvalue weighted by molar-refractivity contribution is -0.121. The molecular formula is C17H23NO3. The Bertz CT molecular complexity index is 509. The molecule has 4 heteroatoms. The van der Waals surface area contributed by atoms with Crippen LogP contribution in [0.2, 0.25) is 0 Å². The monoisotopic (exact) mass is 289 g/mol. The van der Waals surface area contributed by atoms with E-state index >= 15 is 0 Å². The Labute approximate surface area is 125 Å². The SMILES string of the molecule is CC(CCC1CC1)NC(=O)CCc1ccccc1C(=O)O. The van der Waals surface area contributed by atoms with Crippen molar-refractivity contribution in [2.75, 3.05) is 0 Å². The van der Waals surface area contributed by atoms with Crippen LogP contribution >= 0.6 is 0 Å². The number of carboxylic acids is 1. The molecule has 1 aromatic rings. The third-order valence-corrected chi connectivity index (χ3v) is 3.98. The van der Waals surface area contributed by atoms with Crippen LogP contribution in [0.15, 0.2) is 24.3 Å². The van der Waals surface area contributed by atoms with Crippen molar-refractivity contribution < 1.29 is 14.7 Å². The van der Waals surface area contributed by atoms with Crippen LogP contribution in [0.4, 0.5) is 0 Å². The predicted molar refractivity (Wildman–Crippen MR) is 81.3 cm³/mol. The number of benzene rings is 1. The molecule has 0 heterocycles. The van der Waals surface area contributed by atoms with Gasteiger partial charge in [0, 0.05) is 12.5 Å². The summed E-state index contributed by atoms with van der Waals surface area (Å²) in [6.07, 6.45) is 5.70. The van der Waals surface area contributed by atoms with Crippen LogP contribution in [0.25, 0.3) is 0 Å². The topological polar surface area (TPSA) is 66.4 Å². The minimum absolute atomic E-state index is 0.00140. The van der Waals surface area contributed by atoms with E-state index in [1.54, 1.807) is 24.3 Å². The summed E-state index contributed by atoms with van der Waals surface area (Å²) in [5, 5.41) is 12.1. The van der Waals surface area contributed by atoms with E-state index < -0.39 is 5.97 Å². The van der Waals surface area contributed by atoms with E-state index in [0.717, 1.165) is 12.3 Å². The number of nitrogens with one attached hydrogen (secondary N) is 1. The van der Waals surface area contributed by atoms with Crippen LogP contribution in [0.5, 0.6) is 0 Å². The highest BCUT2D eigenvalue weighted by Crippen LogP contribution is 2.33. The molecule has 1 fully saturated rings. The number of amides is 1. The summed E-state index contributed by atoms with van der Waals surface area (Å²) in [7, 11) is 0. The first-order valence-electron chi connectivity index (χ1n) is 7.67. The molecule has 0 bridgehead atoms. The van der Waals surface area contributed by atoms with Crippen LogP contribution in [0, 0.1) is 5.92 Å². The second-order valence-electron chi connectivity index (χ2n) is 5.95. The molecule has 0 aliphatic heterocycles. The van der Waals surface area contributed by atoms with E-state index in [0.29, 0.717) is 18.4 Å². The summed E-state index contributed by atoms with van der Waals surface area (Å²) in [4.78, 5) is 23.0. The molecule has 1 atom stereocenters. The molecule has 0 radical (unpaired) electrons. The van der Waals surface area contributed by atoms with Crippen LogP contribution in [0.1, 0.15) is 54.9 Å². The molecule has 1 aliphatic carbocycles. The van der Waals surface area contributed by atoms with E-state index in [9.17, 15) is 9.59 Å². The number of hydrogen-bond acceptors (Lipinski definition) is 2. The first-order valence-corrected chi connectivity index (χ1v) is 7.67. The van der Waals surface area contributed by atoms with Gasteiger partial charge in [-0.1, -0.05) is 31.0 Å². The van der Waals surface area contributed by atoms with Crippen molar-refractivity contribution in [1.82, 2.24) is 5.32 Å². The maximum absolute atomic E-state index is 11.9. The van der Waals surface area contributed by atoms with Gasteiger partial charge in [0.05, 0.1) is 5.56 Å². The van der Waals surface area contributed by atoms with Crippen molar-refractivity contribution in [3.63, 3.8) is 0 Å². The Kier molecular flexibility index (Phi) is 5.37. The van der Waals surface area contributed by atoms with Crippen molar-refractivity contribution >= 4 is 11.9 Å². The first kappa shape index (κ1) is 15.5. The zero-order valence-electron chi connectivity index (χ0n) is 12.5. The number of carbonyl (C=O) groups is 2. The van der Waals surface area contributed by atoms with Gasteiger partial charge in [-0.2, -0.15) is 0 Å². The van der Waals surface area contributed by atoms with Crippen molar-refractivity contribution in [3.05, 3.63) is 35.4 Å². The Morgan fingerprint density at radius 1 is 1.33 bits per heavy atom. The van der Waals surface area contributed by atoms with E-state index in [-0.39, 0.29) is 17.5 Å². The fourth-order valence-corrected chi connectivity index (χ4v) is 2.51. The zero-order valence-corrected chi connectivity index (χ0v) is 12.5. The summed E-state index contributed by atoms with van der Waals surface area (Å²) in [5.74, 6) is -0.0610. The highest BCUT2D eigenvalue weighted by molar-refractivity contribution is 5.89. The van der Waals surface area contributed by atoms with Crippen molar-refractivity contribution in [2.45, 2.75) is 51.5 Å². The Balaban J connectivity index is 1.76. The highest BCUT2D eigenvalue weighted by Gasteiger charge is 2.21. The molecule has 0 aromatic heterocycles. The summed E-state index contributed by atoms with van der Waals surface area (Å²) in [5.41, 5.74) is 0.998. The predicted octanol–water partition coefficient (Wildman–Crippen LogP) is 3.01. The molecule has 1 unspecified atom stereocenters. The molecule has 1 amide bonds. The van der Waals surface area contributed by atoms with Gasteiger partial charge in [-0.25, -0.2) is 4.79 Å². The van der Waals surface area contributed by atoms with Gasteiger partial charge in [0.25, 0.3) is 0 Å². The molecule has 0 spiro atoms. The molecule has 114 valence electrons. The summed E-state index contributed by atoms with van der Waals surface area (Å²) in [6.45, 7) is 2.03. The molecule has 1 aromatic carbocycles. The normalized spacial score (nSPS) is 15.5. The van der Waals surface area contributed by atoms with Gasteiger partial charge < -0.3 is 10.4 Å². The third-order valence-electron chi connectivity index (χ3n) is 3.98. The number of aryl methyl sites for hydroxylation is 1. The molecule has 21 heavy (non-hydrogen) atoms. The molecule has 0 saturated heterocycles. The van der Waals surface area contributed by atoms with Gasteiger partial charge in [-0.05, 0) is 43.7 Å². The average Bonchev–Trinajstić information content (AvgIpc) is 3.27. The third kappa shape index (κ3) is 5.21. The molecule has 1 aliphatic rings. The molecule has 1 saturated carbocycles. The van der Waals surface area contributed by atoms with Gasteiger partial charge in [0.15, 0.2) is 0 Å². The van der Waals surface area contributed by atoms with Gasteiger partial charge in [-0.15, -0.1) is 0 Å². The standard InChI is InChI=1S/C17H23NO3/c1-12(6-7-13-8-9-13)18-16(19)11-10-14-4-2-3-5-15(14)17(20)21/h2-5,12-13H,6-11H2,1H3,(H,18,19)(H,20,21). The smallest absolute Gasteiger partial charge is 0.335 e. The van der Waals surface area contributed by atoms with E-state index in [1.165, 1.54) is 19.3 Å². The maximum atomic E-state index is 11.9. The van der Waals surface area contributed by atoms with Crippen molar-refractivity contribution in [2.24, 2.45) is 5.92 Å². The lowest BCUT2D eigenvalue weighted by Crippen LogP contribution is -2.32. The Morgan fingerprint density at radius 3 is 2.71 bits per heavy atom. The Hall–Kier alpha value is -1.84. The quantitative estimate of drug-likeness (QED) is 0.773. The van der Waals surface area contributed by atoms with E-state index in [4.69, 9.17) is 5.11 Å². The number of rotatable bonds is 8. The highest BCUT2D eigenvalue weighted by atomic mass is 16.4. The minimum Gasteiger partial charge on any atom is -0.478 e. The lowest BCUT2D eigenvalue weighted by Gasteiger charge is -2.14. The van der Waals surface area contributed by atoms with Crippen LogP contribution in [-0.4, -0.2) is 23.0 Å². The maximum Gasteiger partial charge on any atom is 0.335 e. The van der Waals surface area contributed by atoms with Crippen LogP contribution in [0.3, 0.4) is 0 Å². The minimum atomic E-state index is -0.941. The molecular weight excluding hydrogens is 266 g/mol. The second kappa shape index (κ2) is 7.25. The average molecular weight is 289 g/mol. The van der Waals surface area contributed by atoms with Crippen molar-refractivity contribution in [1.29, 1.82) is 0 Å². The number of aromatic carboxylic acids is 1. The molecule has 2 N–H and O–H groups in total. The summed E-state index contributed by atoms with van der Waals surface area (Å²) >= 11 is 0. The van der Waals surface area contributed by atoms with Gasteiger partial charge in [-0.3, -0.25) is 4.79 Å². The lowest BCUT2D eigenvalue weighted by atomic mass is 10.0. The largest absolute Gasteiger partial charge is 0.478 e. The van der Waals surface area contributed by atoms with Gasteiger partial charge in [0.1, 0.15) is 0 Å². The second-order valence-corrected chi connectivity index (χ2v) is 5.95. The van der Waals surface area contributed by atoms with Crippen molar-refractivity contribution in [3.8, 4) is 0 Å². The molecule has 2 rings (SSSR count). The number of carbonyl (C=O) groups excluding carboxylic acids is 1. The van der Waals surface area contributed by atoms with Crippen LogP contribution < -0.4 is 5.32 Å². The van der Waals surface area contributed by atoms with E-state index in [2.05, 4.69) is 5.32 Å². The zero-order chi connectivity index (χ0) is 15.2. The van der Waals surface area contributed by atoms with Gasteiger partial charge >= 0.3 is 5.97 Å². The van der Waals surface area contributed by atoms with E-state index in [1.807, 2.05) is 6.92 Å². The number of carboxylic acid groups (broad SMARTS) is 1. The summed E-state index contributed by atoms with van der Waals surface area (Å²) < 4.78 is 0. The molecule has 4 nitrogen and oxygen atoms in total.